The number of nitrogens with two attached hydrogens (primary N) is 1. The summed E-state index contributed by atoms with van der Waals surface area (Å²) >= 11 is 6.61. The van der Waals surface area contributed by atoms with Gasteiger partial charge >= 0.3 is 5.97 Å². The number of aromatic nitrogens is 2. The molecule has 2 heterocycles. The van der Waals surface area contributed by atoms with E-state index in [0.29, 0.717) is 17.7 Å². The van der Waals surface area contributed by atoms with E-state index in [1.165, 1.54) is 35.1 Å². The Morgan fingerprint density at radius 2 is 2.06 bits per heavy atom. The van der Waals surface area contributed by atoms with Crippen LogP contribution in [0.1, 0.15) is 49.4 Å². The van der Waals surface area contributed by atoms with Crippen molar-refractivity contribution in [2.45, 2.75) is 27.0 Å². The average Bonchev–Trinajstić information content (AvgIpc) is 3.37. The van der Waals surface area contributed by atoms with Gasteiger partial charge in [0.1, 0.15) is 16.6 Å². The van der Waals surface area contributed by atoms with E-state index in [-0.39, 0.29) is 39.5 Å². The van der Waals surface area contributed by atoms with Gasteiger partial charge in [-0.05, 0) is 37.1 Å². The molecule has 1 aromatic carbocycles. The van der Waals surface area contributed by atoms with Gasteiger partial charge in [0, 0.05) is 12.3 Å². The summed E-state index contributed by atoms with van der Waals surface area (Å²) in [5.41, 5.74) is 5.84. The van der Waals surface area contributed by atoms with Crippen LogP contribution >= 0.6 is 22.9 Å². The second-order valence-electron chi connectivity index (χ2n) is 6.80. The first-order valence-corrected chi connectivity index (χ1v) is 10.9. The molecule has 12 heteroatoms. The number of nitrogens with zero attached hydrogens (tertiary/aromatic N) is 2. The topological polar surface area (TPSA) is 126 Å². The molecule has 0 saturated heterocycles. The van der Waals surface area contributed by atoms with Crippen LogP contribution in [0.15, 0.2) is 30.5 Å². The van der Waals surface area contributed by atoms with Crippen molar-refractivity contribution in [3.8, 4) is 5.75 Å². The summed E-state index contributed by atoms with van der Waals surface area (Å²) in [6, 6.07) is 5.35. The van der Waals surface area contributed by atoms with Crippen LogP contribution in [0.2, 0.25) is 5.02 Å². The first kappa shape index (κ1) is 24.2. The Hall–Kier alpha value is -3.44. The zero-order chi connectivity index (χ0) is 24.1. The molecule has 174 valence electrons. The van der Waals surface area contributed by atoms with Crippen LogP contribution in [0.25, 0.3) is 0 Å². The zero-order valence-electron chi connectivity index (χ0n) is 17.7. The number of thiophene rings is 1. The summed E-state index contributed by atoms with van der Waals surface area (Å²) in [6.07, 6.45) is 2.12. The molecule has 0 bridgehead atoms. The van der Waals surface area contributed by atoms with Crippen molar-refractivity contribution in [3.63, 3.8) is 0 Å². The van der Waals surface area contributed by atoms with Crippen LogP contribution in [0.5, 0.6) is 5.75 Å². The standard InChI is InChI=1S/C21H20ClFN4O5S/c1-3-8-31-21(30)16-11(2)17(18(24)28)33-20(16)25-19(29)15-6-7-27(26-15)10-32-12-4-5-14(23)13(22)9-12/h4-7,9H,3,8,10H2,1-2H3,(H2,24,28)(H,25,29). The number of nitrogens with one attached hydrogen (secondary N) is 1. The normalized spacial score (nSPS) is 10.7. The molecule has 0 spiro atoms. The Bertz CT molecular complexity index is 1210. The molecule has 33 heavy (non-hydrogen) atoms. The molecule has 3 aromatic rings. The van der Waals surface area contributed by atoms with Crippen molar-refractivity contribution in [2.24, 2.45) is 5.73 Å². The number of hydrogen-bond donors (Lipinski definition) is 2. The molecule has 2 amide bonds. The van der Waals surface area contributed by atoms with E-state index >= 15 is 0 Å². The predicted molar refractivity (Wildman–Crippen MR) is 120 cm³/mol. The molecule has 0 saturated carbocycles. The van der Waals surface area contributed by atoms with Crippen LogP contribution in [0, 0.1) is 12.7 Å². The first-order chi connectivity index (χ1) is 15.7. The Labute approximate surface area is 197 Å². The lowest BCUT2D eigenvalue weighted by molar-refractivity contribution is 0.0506. The van der Waals surface area contributed by atoms with Gasteiger partial charge in [0.15, 0.2) is 12.4 Å². The van der Waals surface area contributed by atoms with Crippen molar-refractivity contribution < 1.29 is 28.2 Å². The van der Waals surface area contributed by atoms with Gasteiger partial charge in [-0.1, -0.05) is 18.5 Å². The quantitative estimate of drug-likeness (QED) is 0.433. The smallest absolute Gasteiger partial charge is 0.341 e. The van der Waals surface area contributed by atoms with E-state index in [9.17, 15) is 18.8 Å². The van der Waals surface area contributed by atoms with Gasteiger partial charge in [0.25, 0.3) is 11.8 Å². The van der Waals surface area contributed by atoms with E-state index in [1.807, 2.05) is 6.92 Å². The summed E-state index contributed by atoms with van der Waals surface area (Å²) in [4.78, 5) is 37.1. The number of hydrogen-bond acceptors (Lipinski definition) is 7. The molecule has 3 N–H and O–H groups in total. The summed E-state index contributed by atoms with van der Waals surface area (Å²) in [6.45, 7) is 3.53. The number of rotatable bonds is 9. The summed E-state index contributed by atoms with van der Waals surface area (Å²) in [7, 11) is 0. The fourth-order valence-corrected chi connectivity index (χ4v) is 3.99. The molecule has 0 aliphatic carbocycles. The van der Waals surface area contributed by atoms with Crippen molar-refractivity contribution in [3.05, 3.63) is 63.0 Å². The van der Waals surface area contributed by atoms with Gasteiger partial charge in [0.05, 0.1) is 22.1 Å². The largest absolute Gasteiger partial charge is 0.471 e. The highest BCUT2D eigenvalue weighted by Gasteiger charge is 2.26. The summed E-state index contributed by atoms with van der Waals surface area (Å²) < 4.78 is 25.2. The van der Waals surface area contributed by atoms with Crippen molar-refractivity contribution in [1.82, 2.24) is 9.78 Å². The van der Waals surface area contributed by atoms with Gasteiger partial charge in [-0.25, -0.2) is 13.9 Å². The number of amides is 2. The van der Waals surface area contributed by atoms with Crippen molar-refractivity contribution in [2.75, 3.05) is 11.9 Å². The van der Waals surface area contributed by atoms with Crippen LogP contribution in [-0.2, 0) is 11.5 Å². The molecular weight excluding hydrogens is 475 g/mol. The lowest BCUT2D eigenvalue weighted by atomic mass is 10.1. The van der Waals surface area contributed by atoms with E-state index in [4.69, 9.17) is 26.8 Å². The van der Waals surface area contributed by atoms with Crippen LogP contribution in [0.3, 0.4) is 0 Å². The van der Waals surface area contributed by atoms with Gasteiger partial charge in [-0.15, -0.1) is 11.3 Å². The van der Waals surface area contributed by atoms with E-state index in [0.717, 1.165) is 11.3 Å². The number of carbonyl (C=O) groups is 3. The first-order valence-electron chi connectivity index (χ1n) is 9.74. The van der Waals surface area contributed by atoms with Crippen molar-refractivity contribution in [1.29, 1.82) is 0 Å². The molecule has 0 aliphatic rings. The number of anilines is 1. The third kappa shape index (κ3) is 5.68. The van der Waals surface area contributed by atoms with E-state index < -0.39 is 23.6 Å². The second-order valence-corrected chi connectivity index (χ2v) is 8.23. The highest BCUT2D eigenvalue weighted by molar-refractivity contribution is 7.18. The fourth-order valence-electron chi connectivity index (χ4n) is 2.78. The predicted octanol–water partition coefficient (Wildman–Crippen LogP) is 4.00. The maximum absolute atomic E-state index is 13.2. The molecule has 0 fully saturated rings. The van der Waals surface area contributed by atoms with Crippen molar-refractivity contribution >= 4 is 45.7 Å². The Morgan fingerprint density at radius 3 is 2.73 bits per heavy atom. The number of ether oxygens (including phenoxy) is 2. The Balaban J connectivity index is 1.74. The lowest BCUT2D eigenvalue weighted by Gasteiger charge is -2.07. The van der Waals surface area contributed by atoms with E-state index in [2.05, 4.69) is 10.4 Å². The third-order valence-electron chi connectivity index (χ3n) is 4.37. The maximum atomic E-state index is 13.2. The lowest BCUT2D eigenvalue weighted by Crippen LogP contribution is -2.16. The maximum Gasteiger partial charge on any atom is 0.341 e. The number of primary amides is 1. The van der Waals surface area contributed by atoms with Crippen LogP contribution in [-0.4, -0.2) is 34.2 Å². The average molecular weight is 495 g/mol. The number of halogens is 2. The van der Waals surface area contributed by atoms with Gasteiger partial charge < -0.3 is 20.5 Å². The van der Waals surface area contributed by atoms with Gasteiger partial charge in [-0.3, -0.25) is 9.59 Å². The molecule has 0 aliphatic heterocycles. The minimum Gasteiger partial charge on any atom is -0.471 e. The molecular formula is C21H20ClFN4O5S. The monoisotopic (exact) mass is 494 g/mol. The molecule has 0 atom stereocenters. The second kappa shape index (κ2) is 10.5. The van der Waals surface area contributed by atoms with Crippen LogP contribution in [0.4, 0.5) is 9.39 Å². The molecule has 2 aromatic heterocycles. The molecule has 9 nitrogen and oxygen atoms in total. The number of esters is 1. The SMILES string of the molecule is CCCOC(=O)c1c(NC(=O)c2ccn(COc3ccc(F)c(Cl)c3)n2)sc(C(N)=O)c1C. The number of benzene rings is 1. The molecule has 0 radical (unpaired) electrons. The summed E-state index contributed by atoms with van der Waals surface area (Å²) in [5.74, 6) is -2.23. The Kier molecular flexibility index (Phi) is 7.67. The van der Waals surface area contributed by atoms with E-state index in [1.54, 1.807) is 6.92 Å². The molecule has 3 rings (SSSR count). The van der Waals surface area contributed by atoms with Gasteiger partial charge in [-0.2, -0.15) is 5.10 Å². The minimum absolute atomic E-state index is 0.0373. The molecule has 0 unspecified atom stereocenters. The minimum atomic E-state index is -0.718. The summed E-state index contributed by atoms with van der Waals surface area (Å²) in [5, 5.41) is 6.77. The highest BCUT2D eigenvalue weighted by Crippen LogP contribution is 2.34. The van der Waals surface area contributed by atoms with Gasteiger partial charge in [0.2, 0.25) is 0 Å². The Morgan fingerprint density at radius 1 is 1.30 bits per heavy atom. The third-order valence-corrected chi connectivity index (χ3v) is 5.88. The number of carbonyl (C=O) groups excluding carboxylic acids is 3. The van der Waals surface area contributed by atoms with Crippen LogP contribution < -0.4 is 15.8 Å². The zero-order valence-corrected chi connectivity index (χ0v) is 19.3. The fraction of sp³-hybridized carbons (Fsp3) is 0.238. The highest BCUT2D eigenvalue weighted by atomic mass is 35.5.